The van der Waals surface area contributed by atoms with Crippen molar-refractivity contribution in [3.8, 4) is 0 Å². The number of aliphatic imine (C=N–C) groups is 1. The lowest BCUT2D eigenvalue weighted by Crippen LogP contribution is -2.25. The van der Waals surface area contributed by atoms with Crippen molar-refractivity contribution in [3.63, 3.8) is 0 Å². The van der Waals surface area contributed by atoms with E-state index in [9.17, 15) is 9.59 Å². The minimum Gasteiger partial charge on any atom is -0.326 e. The van der Waals surface area contributed by atoms with Gasteiger partial charge in [0, 0.05) is 23.0 Å². The van der Waals surface area contributed by atoms with Crippen molar-refractivity contribution in [2.24, 2.45) is 10.1 Å². The molecular formula is C27H23BrN4O2S. The van der Waals surface area contributed by atoms with Crippen LogP contribution in [-0.2, 0) is 9.59 Å². The smallest absolute Gasteiger partial charge is 0.262 e. The predicted molar refractivity (Wildman–Crippen MR) is 145 cm³/mol. The molecule has 0 aromatic heterocycles. The topological polar surface area (TPSA) is 74.1 Å². The van der Waals surface area contributed by atoms with Crippen LogP contribution in [0, 0.1) is 6.92 Å². The molecule has 1 N–H and O–H groups in total. The third-order valence-corrected chi connectivity index (χ3v) is 7.57. The second-order valence-corrected chi connectivity index (χ2v) is 10.6. The summed E-state index contributed by atoms with van der Waals surface area (Å²) in [4.78, 5) is 29.6. The molecule has 35 heavy (non-hydrogen) atoms. The second-order valence-electron chi connectivity index (χ2n) is 8.49. The van der Waals surface area contributed by atoms with Gasteiger partial charge < -0.3 is 5.32 Å². The van der Waals surface area contributed by atoms with Gasteiger partial charge >= 0.3 is 0 Å². The van der Waals surface area contributed by atoms with Gasteiger partial charge in [-0.15, -0.1) is 0 Å². The molecule has 3 aromatic rings. The van der Waals surface area contributed by atoms with Crippen molar-refractivity contribution in [1.29, 1.82) is 0 Å². The quantitative estimate of drug-likeness (QED) is 0.430. The number of amidine groups is 1. The minimum atomic E-state index is -0.571. The first kappa shape index (κ1) is 23.5. The lowest BCUT2D eigenvalue weighted by atomic mass is 9.98. The lowest BCUT2D eigenvalue weighted by Gasteiger charge is -2.23. The van der Waals surface area contributed by atoms with Crippen LogP contribution in [0.5, 0.6) is 0 Å². The zero-order valence-electron chi connectivity index (χ0n) is 19.0. The van der Waals surface area contributed by atoms with E-state index >= 15 is 0 Å². The first-order valence-corrected chi connectivity index (χ1v) is 13.0. The van der Waals surface area contributed by atoms with E-state index in [1.807, 2.05) is 47.5 Å². The van der Waals surface area contributed by atoms with Crippen LogP contribution in [-0.4, -0.2) is 33.0 Å². The highest BCUT2D eigenvalue weighted by Crippen LogP contribution is 2.39. The summed E-state index contributed by atoms with van der Waals surface area (Å²) in [6, 6.07) is 25.5. The molecule has 0 unspecified atom stereocenters. The summed E-state index contributed by atoms with van der Waals surface area (Å²) in [6.07, 6.45) is 0.744. The van der Waals surface area contributed by atoms with E-state index < -0.39 is 5.25 Å². The normalized spacial score (nSPS) is 19.5. The Balaban J connectivity index is 1.36. The number of hydrazone groups is 1. The number of carbonyl (C=O) groups is 2. The van der Waals surface area contributed by atoms with Crippen molar-refractivity contribution >= 4 is 56.1 Å². The van der Waals surface area contributed by atoms with Crippen LogP contribution in [0.25, 0.3) is 0 Å². The molecule has 0 bridgehead atoms. The van der Waals surface area contributed by atoms with Crippen LogP contribution in [0.3, 0.4) is 0 Å². The van der Waals surface area contributed by atoms with Crippen molar-refractivity contribution in [2.75, 3.05) is 5.32 Å². The Hall–Kier alpha value is -3.23. The molecule has 0 saturated heterocycles. The van der Waals surface area contributed by atoms with Gasteiger partial charge in [0.1, 0.15) is 5.25 Å². The fraction of sp³-hybridized carbons (Fsp3) is 0.185. The van der Waals surface area contributed by atoms with E-state index in [1.54, 1.807) is 0 Å². The standard InChI is InChI=1S/C27H23BrN4O2S/c1-17-7-9-18(10-8-17)22-15-23(19-11-13-20(28)14-12-19)32(31-22)27-30-26(34)24(35-27)16-25(33)29-21-5-3-2-4-6-21/h2-14,23-24H,15-16H2,1H3,(H,29,33)/t23-,24-/m0/s1. The number of hydrogen-bond donors (Lipinski definition) is 1. The molecule has 0 radical (unpaired) electrons. The molecule has 0 saturated carbocycles. The number of carbonyl (C=O) groups excluding carboxylic acids is 2. The number of para-hydroxylation sites is 1. The van der Waals surface area contributed by atoms with Crippen molar-refractivity contribution < 1.29 is 9.59 Å². The first-order valence-electron chi connectivity index (χ1n) is 11.3. The van der Waals surface area contributed by atoms with Crippen LogP contribution in [0.2, 0.25) is 0 Å². The van der Waals surface area contributed by atoms with Crippen molar-refractivity contribution in [2.45, 2.75) is 31.1 Å². The Morgan fingerprint density at radius 1 is 1.06 bits per heavy atom. The van der Waals surface area contributed by atoms with E-state index in [4.69, 9.17) is 5.10 Å². The summed E-state index contributed by atoms with van der Waals surface area (Å²) in [6.45, 7) is 2.06. The second kappa shape index (κ2) is 10.2. The van der Waals surface area contributed by atoms with E-state index in [-0.39, 0.29) is 24.3 Å². The van der Waals surface area contributed by atoms with Gasteiger partial charge in [0.25, 0.3) is 5.91 Å². The van der Waals surface area contributed by atoms with Crippen molar-refractivity contribution in [3.05, 3.63) is 100 Å². The predicted octanol–water partition coefficient (Wildman–Crippen LogP) is 5.94. The van der Waals surface area contributed by atoms with E-state index in [0.29, 0.717) is 17.3 Å². The number of aryl methyl sites for hydroxylation is 1. The molecule has 2 atom stereocenters. The molecule has 0 aliphatic carbocycles. The summed E-state index contributed by atoms with van der Waals surface area (Å²) in [5.41, 5.74) is 4.97. The number of benzene rings is 3. The zero-order valence-corrected chi connectivity index (χ0v) is 21.4. The molecule has 2 heterocycles. The highest BCUT2D eigenvalue weighted by Gasteiger charge is 2.39. The monoisotopic (exact) mass is 546 g/mol. The number of thioether (sulfide) groups is 1. The number of rotatable bonds is 5. The van der Waals surface area contributed by atoms with Crippen LogP contribution < -0.4 is 5.32 Å². The number of amides is 2. The fourth-order valence-corrected chi connectivity index (χ4v) is 5.38. The third kappa shape index (κ3) is 5.39. The minimum absolute atomic E-state index is 0.0523. The Morgan fingerprint density at radius 3 is 2.49 bits per heavy atom. The average Bonchev–Trinajstić information content (AvgIpc) is 3.45. The van der Waals surface area contributed by atoms with Gasteiger partial charge in [0.2, 0.25) is 5.91 Å². The molecule has 0 fully saturated rings. The molecule has 3 aromatic carbocycles. The Morgan fingerprint density at radius 2 is 1.77 bits per heavy atom. The SMILES string of the molecule is Cc1ccc(C2=NN(C3=NC(=O)[C@H](CC(=O)Nc4ccccc4)S3)[C@H](c3ccc(Br)cc3)C2)cc1. The van der Waals surface area contributed by atoms with Gasteiger partial charge in [-0.25, -0.2) is 5.01 Å². The number of halogens is 1. The highest BCUT2D eigenvalue weighted by molar-refractivity contribution is 9.10. The Kier molecular flexibility index (Phi) is 6.83. The van der Waals surface area contributed by atoms with Gasteiger partial charge in [-0.05, 0) is 42.3 Å². The zero-order chi connectivity index (χ0) is 24.4. The van der Waals surface area contributed by atoms with E-state index in [1.165, 1.54) is 17.3 Å². The van der Waals surface area contributed by atoms with Gasteiger partial charge in [-0.2, -0.15) is 10.1 Å². The number of nitrogens with zero attached hydrogens (tertiary/aromatic N) is 3. The molecule has 0 spiro atoms. The Labute approximate surface area is 216 Å². The van der Waals surface area contributed by atoms with Crippen LogP contribution in [0.15, 0.2) is 93.4 Å². The number of nitrogens with one attached hydrogen (secondary N) is 1. The number of hydrogen-bond acceptors (Lipinski definition) is 5. The lowest BCUT2D eigenvalue weighted by molar-refractivity contribution is -0.121. The van der Waals surface area contributed by atoms with Crippen molar-refractivity contribution in [1.82, 2.24) is 5.01 Å². The maximum absolute atomic E-state index is 12.7. The molecule has 2 aliphatic heterocycles. The first-order chi connectivity index (χ1) is 17.0. The summed E-state index contributed by atoms with van der Waals surface area (Å²) >= 11 is 4.81. The summed E-state index contributed by atoms with van der Waals surface area (Å²) in [5.74, 6) is -0.519. The fourth-order valence-electron chi connectivity index (χ4n) is 4.06. The highest BCUT2D eigenvalue weighted by atomic mass is 79.9. The molecular weight excluding hydrogens is 524 g/mol. The van der Waals surface area contributed by atoms with E-state index in [2.05, 4.69) is 69.6 Å². The summed E-state index contributed by atoms with van der Waals surface area (Å²) in [5, 5.41) is 9.55. The maximum atomic E-state index is 12.7. The van der Waals surface area contributed by atoms with Gasteiger partial charge in [0.05, 0.1) is 11.8 Å². The van der Waals surface area contributed by atoms with Crippen LogP contribution in [0.4, 0.5) is 5.69 Å². The third-order valence-electron chi connectivity index (χ3n) is 5.90. The van der Waals surface area contributed by atoms with Gasteiger partial charge in [-0.3, -0.25) is 9.59 Å². The van der Waals surface area contributed by atoms with Crippen LogP contribution >= 0.6 is 27.7 Å². The van der Waals surface area contributed by atoms with Gasteiger partial charge in [-0.1, -0.05) is 87.9 Å². The van der Waals surface area contributed by atoms with E-state index in [0.717, 1.165) is 21.3 Å². The average molecular weight is 547 g/mol. The molecule has 8 heteroatoms. The summed E-state index contributed by atoms with van der Waals surface area (Å²) < 4.78 is 0.998. The molecule has 176 valence electrons. The summed E-state index contributed by atoms with van der Waals surface area (Å²) in [7, 11) is 0. The molecule has 5 rings (SSSR count). The van der Waals surface area contributed by atoms with Gasteiger partial charge in [0.15, 0.2) is 5.17 Å². The number of anilines is 1. The Bertz CT molecular complexity index is 1310. The molecule has 2 aliphatic rings. The molecule has 2 amide bonds. The maximum Gasteiger partial charge on any atom is 0.262 e. The molecule has 6 nitrogen and oxygen atoms in total. The van der Waals surface area contributed by atoms with Crippen LogP contribution in [0.1, 0.15) is 35.6 Å². The largest absolute Gasteiger partial charge is 0.326 e.